The summed E-state index contributed by atoms with van der Waals surface area (Å²) in [7, 11) is 0. The molecule has 6 heteroatoms. The number of para-hydroxylation sites is 2. The molecule has 0 bridgehead atoms. The van der Waals surface area contributed by atoms with Gasteiger partial charge in [-0.25, -0.2) is 4.90 Å². The molecule has 0 spiro atoms. The van der Waals surface area contributed by atoms with Gasteiger partial charge in [0.15, 0.2) is 0 Å². The zero-order chi connectivity index (χ0) is 16.7. The van der Waals surface area contributed by atoms with Crippen molar-refractivity contribution in [2.45, 2.75) is 11.3 Å². The summed E-state index contributed by atoms with van der Waals surface area (Å²) in [5, 5.41) is -0.560. The average molecular weight is 338 g/mol. The van der Waals surface area contributed by atoms with Crippen molar-refractivity contribution in [2.75, 3.05) is 15.6 Å². The van der Waals surface area contributed by atoms with Crippen molar-refractivity contribution in [1.29, 1.82) is 0 Å². The number of fused-ring (bicyclic) bond motifs is 1. The SMILES string of the molecule is O=C1[C@@H]2SCC(=O)N(c3ccccc3)[C@H]2C(=O)N1c1ccccc1. The van der Waals surface area contributed by atoms with E-state index in [1.165, 1.54) is 21.6 Å². The standard InChI is InChI=1S/C18H14N2O3S/c21-14-11-24-16-15(19(14)12-7-3-1-4-8-12)17(22)20(18(16)23)13-9-5-2-6-10-13/h1-10,15-16H,11H2/t15-,16-/m1/s1. The largest absolute Gasteiger partial charge is 0.297 e. The molecule has 2 fully saturated rings. The molecular formula is C18H14N2O3S. The highest BCUT2D eigenvalue weighted by atomic mass is 32.2. The lowest BCUT2D eigenvalue weighted by Crippen LogP contribution is -2.53. The lowest BCUT2D eigenvalue weighted by molar-refractivity contribution is -0.123. The van der Waals surface area contributed by atoms with Crippen LogP contribution in [0.25, 0.3) is 0 Å². The van der Waals surface area contributed by atoms with E-state index in [-0.39, 0.29) is 23.5 Å². The molecule has 2 heterocycles. The van der Waals surface area contributed by atoms with E-state index in [2.05, 4.69) is 0 Å². The Bertz CT molecular complexity index is 810. The summed E-state index contributed by atoms with van der Waals surface area (Å²) in [5.41, 5.74) is 1.19. The lowest BCUT2D eigenvalue weighted by Gasteiger charge is -2.34. The number of hydrogen-bond acceptors (Lipinski definition) is 4. The van der Waals surface area contributed by atoms with Crippen LogP contribution in [0.1, 0.15) is 0 Å². The van der Waals surface area contributed by atoms with Crippen LogP contribution >= 0.6 is 11.8 Å². The van der Waals surface area contributed by atoms with Gasteiger partial charge in [0.25, 0.3) is 5.91 Å². The third-order valence-corrected chi connectivity index (χ3v) is 5.44. The van der Waals surface area contributed by atoms with Gasteiger partial charge in [-0.3, -0.25) is 19.3 Å². The van der Waals surface area contributed by atoms with Crippen LogP contribution < -0.4 is 9.80 Å². The molecule has 120 valence electrons. The number of hydrogen-bond donors (Lipinski definition) is 0. The van der Waals surface area contributed by atoms with Crippen molar-refractivity contribution in [3.8, 4) is 0 Å². The van der Waals surface area contributed by atoms with Gasteiger partial charge in [0, 0.05) is 5.69 Å². The predicted molar refractivity (Wildman–Crippen MR) is 92.9 cm³/mol. The first-order valence-corrected chi connectivity index (χ1v) is 8.65. The van der Waals surface area contributed by atoms with Crippen molar-refractivity contribution < 1.29 is 14.4 Å². The minimum Gasteiger partial charge on any atom is -0.297 e. The molecular weight excluding hydrogens is 324 g/mol. The quantitative estimate of drug-likeness (QED) is 0.787. The minimum absolute atomic E-state index is 0.150. The van der Waals surface area contributed by atoms with E-state index in [1.807, 2.05) is 24.3 Å². The molecule has 2 saturated heterocycles. The van der Waals surface area contributed by atoms with E-state index in [0.717, 1.165) is 0 Å². The Morgan fingerprint density at radius 3 is 2.00 bits per heavy atom. The number of amides is 3. The van der Waals surface area contributed by atoms with Gasteiger partial charge in [-0.05, 0) is 24.3 Å². The van der Waals surface area contributed by atoms with E-state index in [9.17, 15) is 14.4 Å². The number of thioether (sulfide) groups is 1. The molecule has 3 amide bonds. The number of carbonyl (C=O) groups excluding carboxylic acids is 3. The summed E-state index contributed by atoms with van der Waals surface area (Å²) < 4.78 is 0. The maximum absolute atomic E-state index is 13.0. The van der Waals surface area contributed by atoms with Gasteiger partial charge < -0.3 is 0 Å². The normalized spacial score (nSPS) is 23.6. The van der Waals surface area contributed by atoms with Gasteiger partial charge >= 0.3 is 0 Å². The Balaban J connectivity index is 1.77. The fourth-order valence-electron chi connectivity index (χ4n) is 3.15. The highest BCUT2D eigenvalue weighted by Crippen LogP contribution is 2.38. The number of benzene rings is 2. The first-order valence-electron chi connectivity index (χ1n) is 7.60. The van der Waals surface area contributed by atoms with Gasteiger partial charge in [-0.15, -0.1) is 11.8 Å². The molecule has 0 aromatic heterocycles. The second-order valence-corrected chi connectivity index (χ2v) is 6.75. The molecule has 2 atom stereocenters. The predicted octanol–water partition coefficient (Wildman–Crippen LogP) is 2.08. The fourth-order valence-corrected chi connectivity index (χ4v) is 4.28. The van der Waals surface area contributed by atoms with Gasteiger partial charge in [0.1, 0.15) is 11.3 Å². The van der Waals surface area contributed by atoms with E-state index in [4.69, 9.17) is 0 Å². The molecule has 0 N–H and O–H groups in total. The maximum Gasteiger partial charge on any atom is 0.258 e. The summed E-state index contributed by atoms with van der Waals surface area (Å²) in [4.78, 5) is 40.9. The zero-order valence-corrected chi connectivity index (χ0v) is 13.5. The lowest BCUT2D eigenvalue weighted by atomic mass is 10.1. The van der Waals surface area contributed by atoms with Crippen LogP contribution in [0.15, 0.2) is 60.7 Å². The Labute approximate surface area is 143 Å². The summed E-state index contributed by atoms with van der Waals surface area (Å²) in [6, 6.07) is 17.1. The summed E-state index contributed by atoms with van der Waals surface area (Å²) >= 11 is 1.25. The van der Waals surface area contributed by atoms with Crippen molar-refractivity contribution in [1.82, 2.24) is 0 Å². The molecule has 2 aromatic carbocycles. The molecule has 4 rings (SSSR count). The van der Waals surface area contributed by atoms with Gasteiger partial charge in [-0.2, -0.15) is 0 Å². The van der Waals surface area contributed by atoms with Crippen LogP contribution in [0.5, 0.6) is 0 Å². The number of imide groups is 1. The molecule has 0 radical (unpaired) electrons. The van der Waals surface area contributed by atoms with Crippen molar-refractivity contribution >= 4 is 40.9 Å². The Hall–Kier alpha value is -2.60. The van der Waals surface area contributed by atoms with Gasteiger partial charge in [0.05, 0.1) is 11.4 Å². The summed E-state index contributed by atoms with van der Waals surface area (Å²) in [5.74, 6) is -0.559. The topological polar surface area (TPSA) is 57.7 Å². The second kappa shape index (κ2) is 5.79. The van der Waals surface area contributed by atoms with E-state index < -0.39 is 11.3 Å². The van der Waals surface area contributed by atoms with E-state index in [1.54, 1.807) is 36.4 Å². The molecule has 0 aliphatic carbocycles. The molecule has 2 aliphatic rings. The van der Waals surface area contributed by atoms with E-state index >= 15 is 0 Å². The van der Waals surface area contributed by atoms with Crippen LogP contribution in [0.4, 0.5) is 11.4 Å². The van der Waals surface area contributed by atoms with Crippen molar-refractivity contribution in [3.63, 3.8) is 0 Å². The third kappa shape index (κ3) is 2.22. The molecule has 0 saturated carbocycles. The summed E-state index contributed by atoms with van der Waals surface area (Å²) in [6.45, 7) is 0. The Morgan fingerprint density at radius 1 is 0.792 bits per heavy atom. The average Bonchev–Trinajstić information content (AvgIpc) is 2.87. The molecule has 0 unspecified atom stereocenters. The van der Waals surface area contributed by atoms with Crippen LogP contribution in [-0.4, -0.2) is 34.8 Å². The molecule has 5 nitrogen and oxygen atoms in total. The first kappa shape index (κ1) is 15.0. The van der Waals surface area contributed by atoms with Crippen LogP contribution in [0.2, 0.25) is 0 Å². The molecule has 24 heavy (non-hydrogen) atoms. The van der Waals surface area contributed by atoms with Crippen molar-refractivity contribution in [2.24, 2.45) is 0 Å². The highest BCUT2D eigenvalue weighted by Gasteiger charge is 2.55. The second-order valence-electron chi connectivity index (χ2n) is 5.62. The van der Waals surface area contributed by atoms with E-state index in [0.29, 0.717) is 11.4 Å². The monoisotopic (exact) mass is 338 g/mol. The maximum atomic E-state index is 13.0. The van der Waals surface area contributed by atoms with Gasteiger partial charge in [0.2, 0.25) is 11.8 Å². The first-order chi connectivity index (χ1) is 11.7. The van der Waals surface area contributed by atoms with Crippen LogP contribution in [0, 0.1) is 0 Å². The Morgan fingerprint density at radius 2 is 1.38 bits per heavy atom. The Kier molecular flexibility index (Phi) is 3.61. The molecule has 2 aromatic rings. The molecule has 2 aliphatic heterocycles. The van der Waals surface area contributed by atoms with Crippen LogP contribution in [-0.2, 0) is 14.4 Å². The fraction of sp³-hybridized carbons (Fsp3) is 0.167. The number of anilines is 2. The number of nitrogens with zero attached hydrogens (tertiary/aromatic N) is 2. The highest BCUT2D eigenvalue weighted by molar-refractivity contribution is 8.01. The third-order valence-electron chi connectivity index (χ3n) is 4.21. The number of carbonyl (C=O) groups is 3. The minimum atomic E-state index is -0.786. The van der Waals surface area contributed by atoms with Crippen molar-refractivity contribution in [3.05, 3.63) is 60.7 Å². The smallest absolute Gasteiger partial charge is 0.258 e. The van der Waals surface area contributed by atoms with Crippen LogP contribution in [0.3, 0.4) is 0 Å². The summed E-state index contributed by atoms with van der Waals surface area (Å²) in [6.07, 6.45) is 0. The number of rotatable bonds is 2. The zero-order valence-electron chi connectivity index (χ0n) is 12.7. The van der Waals surface area contributed by atoms with Gasteiger partial charge in [-0.1, -0.05) is 36.4 Å².